The summed E-state index contributed by atoms with van der Waals surface area (Å²) in [7, 11) is -1.56. The molecule has 3 fully saturated rings. The molecule has 38 heavy (non-hydrogen) atoms. The number of urea groups is 1. The number of anilines is 3. The molecule has 1 atom stereocenters. The van der Waals surface area contributed by atoms with Crippen LogP contribution in [0.15, 0.2) is 36.8 Å². The highest BCUT2D eigenvalue weighted by atomic mass is 32.2. The topological polar surface area (TPSA) is 144 Å². The second-order valence-corrected chi connectivity index (χ2v) is 12.7. The number of amides is 2. The van der Waals surface area contributed by atoms with Crippen molar-refractivity contribution in [3.8, 4) is 11.4 Å². The van der Waals surface area contributed by atoms with Crippen LogP contribution in [0.1, 0.15) is 38.3 Å². The summed E-state index contributed by atoms with van der Waals surface area (Å²) < 4.78 is 33.1. The van der Waals surface area contributed by atoms with E-state index < -0.39 is 20.6 Å². The van der Waals surface area contributed by atoms with Crippen molar-refractivity contribution in [3.63, 3.8) is 0 Å². The standard InChI is InChI=1S/C25H30N8O4S/c1-16-15-37-10-9-33(16)22-11-20(25(7-8-25)38(35,36)19-4-5-19)29-23(31-22)17-3-6-21(26-12-17)30-24(34)28-18-13-27-32(2)14-18/h3,6,11-14,16,19H,4-5,7-10,15H2,1-2H3,(H2,26,28,30,34). The predicted molar refractivity (Wildman–Crippen MR) is 142 cm³/mol. The molecule has 1 aliphatic heterocycles. The van der Waals surface area contributed by atoms with Crippen LogP contribution in [0.2, 0.25) is 0 Å². The van der Waals surface area contributed by atoms with Crippen LogP contribution < -0.4 is 15.5 Å². The minimum Gasteiger partial charge on any atom is -0.377 e. The first-order valence-corrected chi connectivity index (χ1v) is 14.3. The third-order valence-corrected chi connectivity index (χ3v) is 10.3. The van der Waals surface area contributed by atoms with E-state index >= 15 is 0 Å². The number of carbonyl (C=O) groups excluding carboxylic acids is 1. The van der Waals surface area contributed by atoms with Gasteiger partial charge < -0.3 is 15.0 Å². The molecule has 0 bridgehead atoms. The van der Waals surface area contributed by atoms with Gasteiger partial charge in [0.1, 0.15) is 16.4 Å². The van der Waals surface area contributed by atoms with Crippen LogP contribution in [0, 0.1) is 0 Å². The van der Waals surface area contributed by atoms with Gasteiger partial charge in [0, 0.05) is 37.6 Å². The summed E-state index contributed by atoms with van der Waals surface area (Å²) in [6.07, 6.45) is 7.42. The molecule has 4 heterocycles. The summed E-state index contributed by atoms with van der Waals surface area (Å²) in [5.41, 5.74) is 1.75. The van der Waals surface area contributed by atoms with Gasteiger partial charge in [0.25, 0.3) is 0 Å². The lowest BCUT2D eigenvalue weighted by Gasteiger charge is -2.34. The first-order chi connectivity index (χ1) is 18.2. The minimum atomic E-state index is -3.32. The molecule has 2 N–H and O–H groups in total. The number of hydrogen-bond donors (Lipinski definition) is 2. The molecule has 0 radical (unpaired) electrons. The van der Waals surface area contributed by atoms with Crippen molar-refractivity contribution in [1.82, 2.24) is 24.7 Å². The Bertz CT molecular complexity index is 1460. The number of rotatable bonds is 7. The normalized spacial score (nSPS) is 20.7. The van der Waals surface area contributed by atoms with Gasteiger partial charge in [0.2, 0.25) is 0 Å². The van der Waals surface area contributed by atoms with Crippen molar-refractivity contribution in [1.29, 1.82) is 0 Å². The Morgan fingerprint density at radius 1 is 1.16 bits per heavy atom. The molecule has 200 valence electrons. The first-order valence-electron chi connectivity index (χ1n) is 12.8. The number of aryl methyl sites for hydroxylation is 1. The van der Waals surface area contributed by atoms with E-state index in [2.05, 4.69) is 32.5 Å². The summed E-state index contributed by atoms with van der Waals surface area (Å²) in [5, 5.41) is 9.14. The maximum absolute atomic E-state index is 13.4. The SMILES string of the molecule is CC1COCCN1c1cc(C2(S(=O)(=O)C3CC3)CC2)nc(-c2ccc(NC(=O)Nc3cnn(C)c3)nc2)n1. The number of nitrogens with zero attached hydrogens (tertiary/aromatic N) is 6. The first kappa shape index (κ1) is 24.7. The summed E-state index contributed by atoms with van der Waals surface area (Å²) in [6, 6.07) is 4.94. The molecule has 1 unspecified atom stereocenters. The third-order valence-electron chi connectivity index (χ3n) is 7.28. The number of ether oxygens (including phenoxy) is 1. The number of morpholine rings is 1. The zero-order valence-corrected chi connectivity index (χ0v) is 22.1. The number of pyridine rings is 1. The van der Waals surface area contributed by atoms with E-state index in [1.54, 1.807) is 42.5 Å². The lowest BCUT2D eigenvalue weighted by molar-refractivity contribution is 0.0985. The summed E-state index contributed by atoms with van der Waals surface area (Å²) >= 11 is 0. The summed E-state index contributed by atoms with van der Waals surface area (Å²) in [5.74, 6) is 1.45. The Morgan fingerprint density at radius 2 is 1.97 bits per heavy atom. The van der Waals surface area contributed by atoms with Gasteiger partial charge >= 0.3 is 6.03 Å². The maximum Gasteiger partial charge on any atom is 0.324 e. The predicted octanol–water partition coefficient (Wildman–Crippen LogP) is 2.71. The highest BCUT2D eigenvalue weighted by Gasteiger charge is 2.61. The smallest absolute Gasteiger partial charge is 0.324 e. The average molecular weight is 539 g/mol. The molecule has 2 aliphatic carbocycles. The Labute approximate surface area is 220 Å². The highest BCUT2D eigenvalue weighted by Crippen LogP contribution is 2.57. The molecule has 0 aromatic carbocycles. The number of hydrogen-bond acceptors (Lipinski definition) is 9. The minimum absolute atomic E-state index is 0.0950. The molecular weight excluding hydrogens is 508 g/mol. The number of aromatic nitrogens is 5. The van der Waals surface area contributed by atoms with Gasteiger partial charge in [-0.1, -0.05) is 0 Å². The van der Waals surface area contributed by atoms with Crippen molar-refractivity contribution in [2.24, 2.45) is 7.05 Å². The Hall–Kier alpha value is -3.58. The molecule has 6 rings (SSSR count). The van der Waals surface area contributed by atoms with E-state index in [0.29, 0.717) is 67.0 Å². The van der Waals surface area contributed by atoms with Crippen LogP contribution in [0.5, 0.6) is 0 Å². The highest BCUT2D eigenvalue weighted by molar-refractivity contribution is 7.93. The number of carbonyl (C=O) groups is 1. The van der Waals surface area contributed by atoms with Gasteiger partial charge in [-0.25, -0.2) is 28.2 Å². The summed E-state index contributed by atoms with van der Waals surface area (Å²) in [6.45, 7) is 3.87. The van der Waals surface area contributed by atoms with Crippen LogP contribution in [0.4, 0.5) is 22.1 Å². The van der Waals surface area contributed by atoms with Crippen molar-refractivity contribution in [2.75, 3.05) is 35.3 Å². The largest absolute Gasteiger partial charge is 0.377 e. The zero-order valence-electron chi connectivity index (χ0n) is 21.3. The fourth-order valence-electron chi connectivity index (χ4n) is 4.87. The maximum atomic E-state index is 13.4. The number of sulfone groups is 1. The van der Waals surface area contributed by atoms with Gasteiger partial charge in [0.15, 0.2) is 15.7 Å². The van der Waals surface area contributed by atoms with E-state index in [1.165, 1.54) is 0 Å². The van der Waals surface area contributed by atoms with Gasteiger partial charge in [-0.15, -0.1) is 0 Å². The van der Waals surface area contributed by atoms with Crippen molar-refractivity contribution < 1.29 is 17.9 Å². The van der Waals surface area contributed by atoms with Gasteiger partial charge in [-0.05, 0) is 44.7 Å². The van der Waals surface area contributed by atoms with E-state index in [-0.39, 0.29) is 11.3 Å². The summed E-state index contributed by atoms with van der Waals surface area (Å²) in [4.78, 5) is 28.4. The van der Waals surface area contributed by atoms with Gasteiger partial charge in [-0.2, -0.15) is 5.10 Å². The Morgan fingerprint density at radius 3 is 2.61 bits per heavy atom. The van der Waals surface area contributed by atoms with Crippen LogP contribution in [0.3, 0.4) is 0 Å². The monoisotopic (exact) mass is 538 g/mol. The molecule has 3 aromatic heterocycles. The van der Waals surface area contributed by atoms with E-state index in [0.717, 1.165) is 12.8 Å². The Balaban J connectivity index is 1.30. The molecule has 3 aliphatic rings. The molecule has 3 aromatic rings. The molecule has 2 amide bonds. The molecule has 13 heteroatoms. The zero-order chi connectivity index (χ0) is 26.5. The third kappa shape index (κ3) is 4.60. The molecule has 0 spiro atoms. The second-order valence-electron chi connectivity index (χ2n) is 10.2. The van der Waals surface area contributed by atoms with Crippen molar-refractivity contribution in [3.05, 3.63) is 42.5 Å². The van der Waals surface area contributed by atoms with Gasteiger partial charge in [-0.3, -0.25) is 10.00 Å². The van der Waals surface area contributed by atoms with E-state index in [1.807, 2.05) is 6.07 Å². The lowest BCUT2D eigenvalue weighted by Crippen LogP contribution is -2.44. The average Bonchev–Trinajstić information content (AvgIpc) is 3.82. The lowest BCUT2D eigenvalue weighted by atomic mass is 10.2. The van der Waals surface area contributed by atoms with Crippen LogP contribution >= 0.6 is 0 Å². The molecule has 2 saturated carbocycles. The van der Waals surface area contributed by atoms with Crippen molar-refractivity contribution >= 4 is 33.2 Å². The second kappa shape index (κ2) is 9.31. The van der Waals surface area contributed by atoms with E-state index in [4.69, 9.17) is 14.7 Å². The van der Waals surface area contributed by atoms with Crippen molar-refractivity contribution in [2.45, 2.75) is 48.6 Å². The van der Waals surface area contributed by atoms with Gasteiger partial charge in [0.05, 0.1) is 42.1 Å². The fourth-order valence-corrected chi connectivity index (χ4v) is 7.34. The van der Waals surface area contributed by atoms with Crippen LogP contribution in [0.25, 0.3) is 11.4 Å². The number of nitrogens with one attached hydrogen (secondary N) is 2. The van der Waals surface area contributed by atoms with Crippen LogP contribution in [-0.4, -0.2) is 70.2 Å². The quantitative estimate of drug-likeness (QED) is 0.464. The van der Waals surface area contributed by atoms with E-state index in [9.17, 15) is 13.2 Å². The fraction of sp³-hybridized carbons (Fsp3) is 0.480. The molecular formula is C25H30N8O4S. The molecule has 1 saturated heterocycles. The molecule has 12 nitrogen and oxygen atoms in total. The Kier molecular flexibility index (Phi) is 6.06. The van der Waals surface area contributed by atoms with Crippen LogP contribution in [-0.2, 0) is 26.4 Å².